The summed E-state index contributed by atoms with van der Waals surface area (Å²) in [5.41, 5.74) is 0. The first-order chi connectivity index (χ1) is 9.05. The Bertz CT molecular complexity index is 533. The van der Waals surface area contributed by atoms with Crippen LogP contribution < -0.4 is 0 Å². The average Bonchev–Trinajstić information content (AvgIpc) is 2.89. The Hall–Kier alpha value is -1.20. The van der Waals surface area contributed by atoms with Crippen molar-refractivity contribution in [3.8, 4) is 0 Å². The van der Waals surface area contributed by atoms with Crippen molar-refractivity contribution >= 4 is 10.0 Å². The molecule has 5 heteroatoms. The number of hydrogen-bond acceptors (Lipinski definition) is 2. The molecule has 104 valence electrons. The van der Waals surface area contributed by atoms with Crippen molar-refractivity contribution in [3.05, 3.63) is 42.7 Å². The predicted octanol–water partition coefficient (Wildman–Crippen LogP) is 2.95. The van der Waals surface area contributed by atoms with E-state index in [2.05, 4.69) is 6.58 Å². The van der Waals surface area contributed by atoms with Crippen LogP contribution in [0.25, 0.3) is 0 Å². The molecule has 0 aromatic heterocycles. The van der Waals surface area contributed by atoms with E-state index < -0.39 is 15.8 Å². The van der Waals surface area contributed by atoms with E-state index in [0.717, 1.165) is 25.7 Å². The van der Waals surface area contributed by atoms with E-state index in [1.165, 1.54) is 28.6 Å². The lowest BCUT2D eigenvalue weighted by Crippen LogP contribution is -2.38. The molecule has 1 aromatic rings. The van der Waals surface area contributed by atoms with Gasteiger partial charge in [-0.2, -0.15) is 4.31 Å². The molecule has 0 unspecified atom stereocenters. The molecule has 1 aliphatic carbocycles. The van der Waals surface area contributed by atoms with E-state index in [0.29, 0.717) is 6.54 Å². The van der Waals surface area contributed by atoms with Gasteiger partial charge in [-0.1, -0.05) is 18.9 Å². The Labute approximate surface area is 113 Å². The second kappa shape index (κ2) is 5.84. The molecule has 0 amide bonds. The SMILES string of the molecule is C=CCN(C1CCCC1)S(=O)(=O)c1ccc(F)cc1. The van der Waals surface area contributed by atoms with Gasteiger partial charge in [-0.3, -0.25) is 0 Å². The maximum Gasteiger partial charge on any atom is 0.243 e. The molecule has 1 fully saturated rings. The molecule has 19 heavy (non-hydrogen) atoms. The summed E-state index contributed by atoms with van der Waals surface area (Å²) in [6.07, 6.45) is 5.47. The van der Waals surface area contributed by atoms with Gasteiger partial charge >= 0.3 is 0 Å². The third-order valence-corrected chi connectivity index (χ3v) is 5.39. The predicted molar refractivity (Wildman–Crippen MR) is 72.7 cm³/mol. The lowest BCUT2D eigenvalue weighted by Gasteiger charge is -2.26. The zero-order chi connectivity index (χ0) is 13.9. The Morgan fingerprint density at radius 1 is 1.26 bits per heavy atom. The molecule has 0 aliphatic heterocycles. The summed E-state index contributed by atoms with van der Waals surface area (Å²) in [7, 11) is -3.57. The minimum absolute atomic E-state index is 0.0352. The Morgan fingerprint density at radius 2 is 1.84 bits per heavy atom. The summed E-state index contributed by atoms with van der Waals surface area (Å²) in [4.78, 5) is 0.141. The standard InChI is InChI=1S/C14H18FNO2S/c1-2-11-16(13-5-3-4-6-13)19(17,18)14-9-7-12(15)8-10-14/h2,7-10,13H,1,3-6,11H2. The highest BCUT2D eigenvalue weighted by molar-refractivity contribution is 7.89. The highest BCUT2D eigenvalue weighted by Crippen LogP contribution is 2.28. The van der Waals surface area contributed by atoms with E-state index in [1.54, 1.807) is 6.08 Å². The van der Waals surface area contributed by atoms with Gasteiger partial charge in [0.2, 0.25) is 10.0 Å². The number of nitrogens with zero attached hydrogens (tertiary/aromatic N) is 1. The summed E-state index contributed by atoms with van der Waals surface area (Å²) >= 11 is 0. The highest BCUT2D eigenvalue weighted by atomic mass is 32.2. The van der Waals surface area contributed by atoms with Gasteiger partial charge in [0.15, 0.2) is 0 Å². The van der Waals surface area contributed by atoms with Gasteiger partial charge in [0, 0.05) is 12.6 Å². The molecule has 0 atom stereocenters. The third kappa shape index (κ3) is 3.04. The molecular weight excluding hydrogens is 265 g/mol. The second-order valence-electron chi connectivity index (χ2n) is 4.76. The van der Waals surface area contributed by atoms with E-state index >= 15 is 0 Å². The lowest BCUT2D eigenvalue weighted by molar-refractivity contribution is 0.347. The molecule has 0 bridgehead atoms. The van der Waals surface area contributed by atoms with Crippen LogP contribution in [0.1, 0.15) is 25.7 Å². The zero-order valence-electron chi connectivity index (χ0n) is 10.8. The van der Waals surface area contributed by atoms with E-state index in [-0.39, 0.29) is 10.9 Å². The summed E-state index contributed by atoms with van der Waals surface area (Å²) < 4.78 is 39.5. The summed E-state index contributed by atoms with van der Waals surface area (Å²) in [6.45, 7) is 3.92. The van der Waals surface area contributed by atoms with Crippen LogP contribution in [-0.2, 0) is 10.0 Å². The average molecular weight is 283 g/mol. The molecule has 3 nitrogen and oxygen atoms in total. The fraction of sp³-hybridized carbons (Fsp3) is 0.429. The van der Waals surface area contributed by atoms with E-state index in [4.69, 9.17) is 0 Å². The van der Waals surface area contributed by atoms with Crippen LogP contribution in [0.15, 0.2) is 41.8 Å². The number of hydrogen-bond donors (Lipinski definition) is 0. The number of halogens is 1. The fourth-order valence-corrected chi connectivity index (χ4v) is 4.16. The maximum atomic E-state index is 12.9. The first-order valence-corrected chi connectivity index (χ1v) is 7.88. The molecule has 0 N–H and O–H groups in total. The van der Waals surface area contributed by atoms with Crippen molar-refractivity contribution in [1.82, 2.24) is 4.31 Å². The van der Waals surface area contributed by atoms with Gasteiger partial charge in [-0.25, -0.2) is 12.8 Å². The minimum atomic E-state index is -3.57. The maximum absolute atomic E-state index is 12.9. The van der Waals surface area contributed by atoms with Crippen molar-refractivity contribution in [1.29, 1.82) is 0 Å². The first-order valence-electron chi connectivity index (χ1n) is 6.44. The van der Waals surface area contributed by atoms with Gasteiger partial charge in [-0.05, 0) is 37.1 Å². The number of benzene rings is 1. The zero-order valence-corrected chi connectivity index (χ0v) is 11.6. The highest BCUT2D eigenvalue weighted by Gasteiger charge is 2.32. The number of sulfonamides is 1. The van der Waals surface area contributed by atoms with Crippen molar-refractivity contribution in [3.63, 3.8) is 0 Å². The van der Waals surface area contributed by atoms with Crippen LogP contribution >= 0.6 is 0 Å². The molecule has 0 heterocycles. The molecule has 1 aliphatic rings. The minimum Gasteiger partial charge on any atom is -0.207 e. The Balaban J connectivity index is 2.33. The smallest absolute Gasteiger partial charge is 0.207 e. The molecule has 1 saturated carbocycles. The summed E-state index contributed by atoms with van der Waals surface area (Å²) in [5.74, 6) is -0.435. The van der Waals surface area contributed by atoms with Crippen LogP contribution in [0.5, 0.6) is 0 Å². The van der Waals surface area contributed by atoms with Crippen LogP contribution in [0, 0.1) is 5.82 Å². The molecular formula is C14H18FNO2S. The van der Waals surface area contributed by atoms with Gasteiger partial charge < -0.3 is 0 Å². The quantitative estimate of drug-likeness (QED) is 0.779. The van der Waals surface area contributed by atoms with Crippen molar-refractivity contribution in [2.24, 2.45) is 0 Å². The Kier molecular flexibility index (Phi) is 4.37. The normalized spacial score (nSPS) is 16.9. The first kappa shape index (κ1) is 14.2. The van der Waals surface area contributed by atoms with Gasteiger partial charge in [0.05, 0.1) is 4.90 Å². The van der Waals surface area contributed by atoms with Crippen molar-refractivity contribution < 1.29 is 12.8 Å². The van der Waals surface area contributed by atoms with Crippen LogP contribution in [0.3, 0.4) is 0 Å². The van der Waals surface area contributed by atoms with Crippen molar-refractivity contribution in [2.75, 3.05) is 6.54 Å². The molecule has 2 rings (SSSR count). The fourth-order valence-electron chi connectivity index (χ4n) is 2.50. The topological polar surface area (TPSA) is 37.4 Å². The van der Waals surface area contributed by atoms with E-state index in [9.17, 15) is 12.8 Å². The Morgan fingerprint density at radius 3 is 2.37 bits per heavy atom. The monoisotopic (exact) mass is 283 g/mol. The summed E-state index contributed by atoms with van der Waals surface area (Å²) in [6, 6.07) is 5.01. The molecule has 0 saturated heterocycles. The third-order valence-electron chi connectivity index (χ3n) is 3.46. The van der Waals surface area contributed by atoms with Crippen molar-refractivity contribution in [2.45, 2.75) is 36.6 Å². The summed E-state index contributed by atoms with van der Waals surface area (Å²) in [5, 5.41) is 0. The van der Waals surface area contributed by atoms with E-state index in [1.807, 2.05) is 0 Å². The molecule has 0 spiro atoms. The molecule has 1 aromatic carbocycles. The molecule has 0 radical (unpaired) electrons. The van der Waals surface area contributed by atoms with Crippen LogP contribution in [0.4, 0.5) is 4.39 Å². The second-order valence-corrected chi connectivity index (χ2v) is 6.65. The largest absolute Gasteiger partial charge is 0.243 e. The van der Waals surface area contributed by atoms with Gasteiger partial charge in [0.25, 0.3) is 0 Å². The van der Waals surface area contributed by atoms with Crippen LogP contribution in [-0.4, -0.2) is 25.3 Å². The van der Waals surface area contributed by atoms with Gasteiger partial charge in [-0.15, -0.1) is 6.58 Å². The lowest BCUT2D eigenvalue weighted by atomic mass is 10.2. The van der Waals surface area contributed by atoms with Crippen LogP contribution in [0.2, 0.25) is 0 Å². The van der Waals surface area contributed by atoms with Gasteiger partial charge in [0.1, 0.15) is 5.82 Å². The number of rotatable bonds is 5.